The number of hydroxylamine groups is 2. The van der Waals surface area contributed by atoms with Gasteiger partial charge in [-0.05, 0) is 47.5 Å². The molecular weight excluding hydrogens is 457 g/mol. The highest BCUT2D eigenvalue weighted by Gasteiger charge is 2.37. The maximum atomic E-state index is 12.8. The number of H-pyrrole nitrogens is 1. The molecule has 2 unspecified atom stereocenters. The summed E-state index contributed by atoms with van der Waals surface area (Å²) in [6.07, 6.45) is 1.40. The number of halogens is 2. The van der Waals surface area contributed by atoms with Crippen LogP contribution in [0.2, 0.25) is 10.0 Å². The molecule has 0 radical (unpaired) electrons. The number of Topliss-reactive ketones (excluding diaryl/α,β-unsaturated/α-hetero) is 1. The van der Waals surface area contributed by atoms with E-state index in [0.717, 1.165) is 28.0 Å². The highest BCUT2D eigenvalue weighted by Crippen LogP contribution is 2.41. The molecule has 1 aliphatic heterocycles. The molecule has 1 fully saturated rings. The van der Waals surface area contributed by atoms with Crippen LogP contribution in [-0.4, -0.2) is 27.4 Å². The van der Waals surface area contributed by atoms with Crippen molar-refractivity contribution in [1.82, 2.24) is 15.0 Å². The number of nitrogens with zero attached hydrogens (tertiary/aromatic N) is 2. The van der Waals surface area contributed by atoms with Crippen LogP contribution in [0.15, 0.2) is 72.8 Å². The van der Waals surface area contributed by atoms with Gasteiger partial charge in [-0.3, -0.25) is 9.63 Å². The first-order valence-corrected chi connectivity index (χ1v) is 11.7. The molecule has 2 heterocycles. The van der Waals surface area contributed by atoms with Crippen molar-refractivity contribution in [3.05, 3.63) is 99.8 Å². The first-order chi connectivity index (χ1) is 16.1. The van der Waals surface area contributed by atoms with E-state index < -0.39 is 0 Å². The van der Waals surface area contributed by atoms with Crippen LogP contribution in [0.3, 0.4) is 0 Å². The Hall–Kier alpha value is -2.70. The first-order valence-electron chi connectivity index (χ1n) is 10.9. The Morgan fingerprint density at radius 3 is 2.03 bits per heavy atom. The average Bonchev–Trinajstić information content (AvgIpc) is 3.23. The van der Waals surface area contributed by atoms with Crippen molar-refractivity contribution in [2.75, 3.05) is 6.61 Å². The van der Waals surface area contributed by atoms with E-state index in [1.54, 1.807) is 0 Å². The van der Waals surface area contributed by atoms with E-state index in [0.29, 0.717) is 35.9 Å². The van der Waals surface area contributed by atoms with Crippen LogP contribution in [0.25, 0.3) is 11.0 Å². The third kappa shape index (κ3) is 4.97. The number of nitrogens with one attached hydrogen (secondary N) is 1. The lowest BCUT2D eigenvalue weighted by Gasteiger charge is -2.40. The summed E-state index contributed by atoms with van der Waals surface area (Å²) < 4.78 is 0. The third-order valence-corrected chi connectivity index (χ3v) is 6.49. The normalized spacial score (nSPS) is 19.3. The number of piperidine rings is 1. The van der Waals surface area contributed by atoms with Crippen molar-refractivity contribution in [1.29, 1.82) is 0 Å². The van der Waals surface area contributed by atoms with E-state index in [4.69, 9.17) is 28.0 Å². The minimum absolute atomic E-state index is 0.201. The van der Waals surface area contributed by atoms with Crippen molar-refractivity contribution < 1.29 is 9.63 Å². The van der Waals surface area contributed by atoms with E-state index in [1.807, 2.05) is 77.9 Å². The zero-order chi connectivity index (χ0) is 22.8. The second-order valence-corrected chi connectivity index (χ2v) is 9.10. The Balaban J connectivity index is 1.41. The van der Waals surface area contributed by atoms with Gasteiger partial charge in [0, 0.05) is 29.3 Å². The fraction of sp³-hybridized carbons (Fsp3) is 0.231. The van der Waals surface area contributed by atoms with Gasteiger partial charge in [-0.1, -0.05) is 59.6 Å². The van der Waals surface area contributed by atoms with Crippen LogP contribution in [0, 0.1) is 0 Å². The zero-order valence-electron chi connectivity index (χ0n) is 17.9. The molecule has 7 heteroatoms. The summed E-state index contributed by atoms with van der Waals surface area (Å²) in [4.78, 5) is 27.1. The molecule has 5 rings (SSSR count). The van der Waals surface area contributed by atoms with Crippen molar-refractivity contribution >= 4 is 40.0 Å². The highest BCUT2D eigenvalue weighted by atomic mass is 35.5. The van der Waals surface area contributed by atoms with Gasteiger partial charge in [-0.2, -0.15) is 5.06 Å². The van der Waals surface area contributed by atoms with Gasteiger partial charge in [0.25, 0.3) is 0 Å². The molecule has 1 saturated heterocycles. The van der Waals surface area contributed by atoms with Gasteiger partial charge < -0.3 is 4.98 Å². The number of carbonyl (C=O) groups excluding carboxylic acids is 1. The Bertz CT molecular complexity index is 1160. The molecule has 1 aromatic heterocycles. The van der Waals surface area contributed by atoms with Crippen molar-refractivity contribution in [3.8, 4) is 0 Å². The standard InChI is InChI=1S/C26H23Cl2N3O2/c27-19-9-5-17(6-10-19)24-15-21(32)16-25(18-7-11-20(28)12-8-18)31(24)33-14-13-26-29-22-3-1-2-4-23(22)30-26/h1-12,24-25H,13-16H2,(H,29,30). The molecule has 0 aliphatic carbocycles. The molecule has 0 spiro atoms. The number of aromatic amines is 1. The van der Waals surface area contributed by atoms with Gasteiger partial charge in [0.15, 0.2) is 0 Å². The van der Waals surface area contributed by atoms with Gasteiger partial charge >= 0.3 is 0 Å². The monoisotopic (exact) mass is 479 g/mol. The van der Waals surface area contributed by atoms with Crippen LogP contribution < -0.4 is 0 Å². The molecule has 5 nitrogen and oxygen atoms in total. The maximum Gasteiger partial charge on any atom is 0.136 e. The molecule has 33 heavy (non-hydrogen) atoms. The lowest BCUT2D eigenvalue weighted by Crippen LogP contribution is -2.40. The number of para-hydroxylation sites is 2. The van der Waals surface area contributed by atoms with Crippen LogP contribution in [0.4, 0.5) is 0 Å². The Labute approximate surface area is 202 Å². The number of hydrogen-bond acceptors (Lipinski definition) is 4. The number of rotatable bonds is 6. The predicted octanol–water partition coefficient (Wildman–Crippen LogP) is 6.49. The summed E-state index contributed by atoms with van der Waals surface area (Å²) in [7, 11) is 0. The Kier molecular flexibility index (Phi) is 6.47. The van der Waals surface area contributed by atoms with Gasteiger partial charge in [0.2, 0.25) is 0 Å². The number of carbonyl (C=O) groups is 1. The van der Waals surface area contributed by atoms with Crippen molar-refractivity contribution in [2.45, 2.75) is 31.3 Å². The first kappa shape index (κ1) is 22.1. The molecule has 0 saturated carbocycles. The van der Waals surface area contributed by atoms with E-state index in [1.165, 1.54) is 0 Å². The molecule has 0 amide bonds. The SMILES string of the molecule is O=C1CC(c2ccc(Cl)cc2)N(OCCc2nc3ccccc3[nH]2)C(c2ccc(Cl)cc2)C1. The largest absolute Gasteiger partial charge is 0.342 e. The van der Waals surface area contributed by atoms with Gasteiger partial charge in [0.1, 0.15) is 11.6 Å². The molecule has 0 bridgehead atoms. The molecule has 2 atom stereocenters. The summed E-state index contributed by atoms with van der Waals surface area (Å²) >= 11 is 12.2. The van der Waals surface area contributed by atoms with E-state index >= 15 is 0 Å². The Morgan fingerprint density at radius 1 is 0.879 bits per heavy atom. The summed E-state index contributed by atoms with van der Waals surface area (Å²) in [5, 5.41) is 3.29. The number of ketones is 1. The summed E-state index contributed by atoms with van der Waals surface area (Å²) in [5.41, 5.74) is 3.94. The van der Waals surface area contributed by atoms with Crippen molar-refractivity contribution in [2.24, 2.45) is 0 Å². The van der Waals surface area contributed by atoms with Gasteiger partial charge in [-0.25, -0.2) is 4.98 Å². The van der Waals surface area contributed by atoms with E-state index in [9.17, 15) is 4.79 Å². The number of imidazole rings is 1. The summed E-state index contributed by atoms with van der Waals surface area (Å²) in [5.74, 6) is 1.07. The average molecular weight is 480 g/mol. The molecular formula is C26H23Cl2N3O2. The fourth-order valence-corrected chi connectivity index (χ4v) is 4.61. The van der Waals surface area contributed by atoms with Crippen molar-refractivity contribution in [3.63, 3.8) is 0 Å². The lowest BCUT2D eigenvalue weighted by molar-refractivity contribution is -0.228. The predicted molar refractivity (Wildman–Crippen MR) is 130 cm³/mol. The molecule has 1 aliphatic rings. The number of fused-ring (bicyclic) bond motifs is 1. The van der Waals surface area contributed by atoms with Crippen LogP contribution >= 0.6 is 23.2 Å². The number of hydrogen-bond donors (Lipinski definition) is 1. The van der Waals surface area contributed by atoms with Crippen LogP contribution in [-0.2, 0) is 16.1 Å². The van der Waals surface area contributed by atoms with Gasteiger partial charge in [0.05, 0.1) is 29.7 Å². The maximum absolute atomic E-state index is 12.8. The summed E-state index contributed by atoms with van der Waals surface area (Å²) in [6, 6.07) is 22.8. The minimum Gasteiger partial charge on any atom is -0.342 e. The molecule has 4 aromatic rings. The third-order valence-electron chi connectivity index (χ3n) is 5.98. The zero-order valence-corrected chi connectivity index (χ0v) is 19.4. The van der Waals surface area contributed by atoms with Crippen LogP contribution in [0.1, 0.15) is 41.9 Å². The van der Waals surface area contributed by atoms with Crippen LogP contribution in [0.5, 0.6) is 0 Å². The fourth-order valence-electron chi connectivity index (χ4n) is 4.36. The second kappa shape index (κ2) is 9.65. The second-order valence-electron chi connectivity index (χ2n) is 8.23. The molecule has 3 aromatic carbocycles. The van der Waals surface area contributed by atoms with E-state index in [-0.39, 0.29) is 17.9 Å². The molecule has 168 valence electrons. The smallest absolute Gasteiger partial charge is 0.136 e. The van der Waals surface area contributed by atoms with Gasteiger partial charge in [-0.15, -0.1) is 0 Å². The Morgan fingerprint density at radius 2 is 1.45 bits per heavy atom. The minimum atomic E-state index is -0.208. The summed E-state index contributed by atoms with van der Waals surface area (Å²) in [6.45, 7) is 0.433. The topological polar surface area (TPSA) is 58.2 Å². The lowest BCUT2D eigenvalue weighted by atomic mass is 9.88. The highest BCUT2D eigenvalue weighted by molar-refractivity contribution is 6.30. The number of benzene rings is 3. The number of aromatic nitrogens is 2. The molecule has 1 N–H and O–H groups in total. The quantitative estimate of drug-likeness (QED) is 0.343. The van der Waals surface area contributed by atoms with E-state index in [2.05, 4.69) is 9.97 Å².